The lowest BCUT2D eigenvalue weighted by atomic mass is 9.91. The van der Waals surface area contributed by atoms with Crippen LogP contribution in [0.4, 0.5) is 0 Å². The Morgan fingerprint density at radius 2 is 0.689 bits per heavy atom. The van der Waals surface area contributed by atoms with Crippen LogP contribution >= 0.6 is 0 Å². The van der Waals surface area contributed by atoms with Gasteiger partial charge < -0.3 is 38.5 Å². The number of nitrogens with zero attached hydrogens (tertiary/aromatic N) is 4. The lowest BCUT2D eigenvalue weighted by molar-refractivity contribution is -0.176. The van der Waals surface area contributed by atoms with Crippen LogP contribution in [0.5, 0.6) is 0 Å². The molecule has 4 rings (SSSR count). The average Bonchev–Trinajstić information content (AvgIpc) is 3.73. The van der Waals surface area contributed by atoms with Gasteiger partial charge in [0.1, 0.15) is 31.8 Å². The highest BCUT2D eigenvalue weighted by molar-refractivity contribution is 5.88. The van der Waals surface area contributed by atoms with Gasteiger partial charge in [0.25, 0.3) is 0 Å². The smallest absolute Gasteiger partial charge is 0.311 e. The Bertz CT molecular complexity index is 1060. The van der Waals surface area contributed by atoms with Gasteiger partial charge in [-0.15, -0.1) is 0 Å². The van der Waals surface area contributed by atoms with Crippen LogP contribution in [0.1, 0.15) is 25.7 Å². The lowest BCUT2D eigenvalue weighted by Gasteiger charge is -2.32. The highest BCUT2D eigenvalue weighted by atomic mass is 16.6. The Kier molecular flexibility index (Phi) is 10.3. The van der Waals surface area contributed by atoms with Crippen LogP contribution in [0.3, 0.4) is 0 Å². The van der Waals surface area contributed by atoms with E-state index in [1.165, 1.54) is 19.6 Å². The second kappa shape index (κ2) is 13.8. The number of amides is 4. The quantitative estimate of drug-likeness (QED) is 0.171. The van der Waals surface area contributed by atoms with E-state index in [9.17, 15) is 38.4 Å². The maximum atomic E-state index is 13.0. The van der Waals surface area contributed by atoms with Crippen molar-refractivity contribution in [2.75, 3.05) is 80.8 Å². The standard InChI is InChI=1S/C29H40N4O12/c1-30-9-17(5-21(30)34)25(38)42-13-29(14-43-26(39)18-6-22(35)31(2)10-18,15-44-27(40)19-7-23(36)32(3)11-19)16-45-28(41)20-8-24(37)33(4)12-20/h17-20H,5-16H2,1-4H3. The first-order chi connectivity index (χ1) is 21.2. The molecule has 0 aliphatic carbocycles. The average molecular weight is 637 g/mol. The fourth-order valence-corrected chi connectivity index (χ4v) is 5.70. The van der Waals surface area contributed by atoms with Crippen molar-refractivity contribution in [3.8, 4) is 0 Å². The van der Waals surface area contributed by atoms with E-state index in [-0.39, 0.29) is 75.5 Å². The summed E-state index contributed by atoms with van der Waals surface area (Å²) < 4.78 is 22.3. The SMILES string of the molecule is CN1CC(C(=O)OCC(COC(=O)C2CC(=O)N(C)C2)(COC(=O)C2CC(=O)N(C)C2)COC(=O)C2CC(=O)N(C)C2)CC1=O. The van der Waals surface area contributed by atoms with Crippen molar-refractivity contribution in [2.45, 2.75) is 25.7 Å². The maximum absolute atomic E-state index is 13.0. The first kappa shape index (κ1) is 33.6. The number of rotatable bonds is 12. The molecule has 16 nitrogen and oxygen atoms in total. The van der Waals surface area contributed by atoms with Gasteiger partial charge >= 0.3 is 23.9 Å². The molecule has 16 heteroatoms. The van der Waals surface area contributed by atoms with E-state index in [4.69, 9.17) is 18.9 Å². The fourth-order valence-electron chi connectivity index (χ4n) is 5.70. The third kappa shape index (κ3) is 8.08. The summed E-state index contributed by atoms with van der Waals surface area (Å²) in [5.74, 6) is -6.81. The van der Waals surface area contributed by atoms with Gasteiger partial charge in [0.05, 0.1) is 23.7 Å². The minimum Gasteiger partial charge on any atom is -0.464 e. The van der Waals surface area contributed by atoms with Crippen molar-refractivity contribution in [2.24, 2.45) is 29.1 Å². The Morgan fingerprint density at radius 3 is 0.844 bits per heavy atom. The lowest BCUT2D eigenvalue weighted by Crippen LogP contribution is -2.45. The van der Waals surface area contributed by atoms with Crippen LogP contribution in [0.2, 0.25) is 0 Å². The molecule has 0 spiro atoms. The van der Waals surface area contributed by atoms with E-state index in [2.05, 4.69) is 0 Å². The summed E-state index contributed by atoms with van der Waals surface area (Å²) >= 11 is 0. The summed E-state index contributed by atoms with van der Waals surface area (Å²) in [5, 5.41) is 0. The van der Waals surface area contributed by atoms with Crippen LogP contribution in [-0.4, -0.2) is 148 Å². The number of hydrogen-bond acceptors (Lipinski definition) is 12. The number of carbonyl (C=O) groups is 8. The molecule has 4 amide bonds. The van der Waals surface area contributed by atoms with Gasteiger partial charge in [-0.25, -0.2) is 0 Å². The van der Waals surface area contributed by atoms with E-state index in [0.29, 0.717) is 0 Å². The number of carbonyl (C=O) groups excluding carboxylic acids is 8. The largest absolute Gasteiger partial charge is 0.464 e. The minimum absolute atomic E-state index is 0.0586. The Morgan fingerprint density at radius 1 is 0.489 bits per heavy atom. The molecule has 4 unspecified atom stereocenters. The highest BCUT2D eigenvalue weighted by Gasteiger charge is 2.44. The number of ether oxygens (including phenoxy) is 4. The van der Waals surface area contributed by atoms with Crippen LogP contribution in [-0.2, 0) is 57.3 Å². The molecule has 4 aliphatic heterocycles. The monoisotopic (exact) mass is 636 g/mol. The van der Waals surface area contributed by atoms with Crippen LogP contribution in [0.15, 0.2) is 0 Å². The van der Waals surface area contributed by atoms with Crippen LogP contribution in [0, 0.1) is 29.1 Å². The van der Waals surface area contributed by atoms with Gasteiger partial charge in [-0.2, -0.15) is 0 Å². The second-order valence-corrected chi connectivity index (χ2v) is 12.6. The molecule has 0 bridgehead atoms. The number of esters is 4. The topological polar surface area (TPSA) is 186 Å². The van der Waals surface area contributed by atoms with Gasteiger partial charge in [0.15, 0.2) is 0 Å². The molecule has 4 atom stereocenters. The summed E-state index contributed by atoms with van der Waals surface area (Å²) in [4.78, 5) is 106. The van der Waals surface area contributed by atoms with Gasteiger partial charge in [-0.1, -0.05) is 0 Å². The minimum atomic E-state index is -1.59. The van der Waals surface area contributed by atoms with Crippen molar-refractivity contribution in [1.29, 1.82) is 0 Å². The van der Waals surface area contributed by atoms with Crippen molar-refractivity contribution in [1.82, 2.24) is 19.6 Å². The molecule has 4 saturated heterocycles. The van der Waals surface area contributed by atoms with Crippen molar-refractivity contribution < 1.29 is 57.3 Å². The summed E-state index contributed by atoms with van der Waals surface area (Å²) in [6.45, 7) is -1.54. The normalized spacial score (nSPS) is 26.4. The van der Waals surface area contributed by atoms with E-state index in [1.807, 2.05) is 0 Å². The fraction of sp³-hybridized carbons (Fsp3) is 0.724. The zero-order valence-electron chi connectivity index (χ0n) is 26.0. The first-order valence-electron chi connectivity index (χ1n) is 14.8. The maximum Gasteiger partial charge on any atom is 0.311 e. The summed E-state index contributed by atoms with van der Waals surface area (Å²) in [6, 6.07) is 0. The molecule has 0 aromatic carbocycles. The molecule has 0 aromatic rings. The van der Waals surface area contributed by atoms with Crippen LogP contribution in [0.25, 0.3) is 0 Å². The van der Waals surface area contributed by atoms with E-state index in [1.54, 1.807) is 28.2 Å². The van der Waals surface area contributed by atoms with Gasteiger partial charge in [0, 0.05) is 80.1 Å². The highest BCUT2D eigenvalue weighted by Crippen LogP contribution is 2.28. The summed E-state index contributed by atoms with van der Waals surface area (Å²) in [6.07, 6.45) is -0.234. The molecule has 45 heavy (non-hydrogen) atoms. The summed E-state index contributed by atoms with van der Waals surface area (Å²) in [5.41, 5.74) is -1.59. The van der Waals surface area contributed by atoms with Crippen molar-refractivity contribution in [3.63, 3.8) is 0 Å². The number of likely N-dealkylation sites (tertiary alicyclic amines) is 4. The number of hydrogen-bond donors (Lipinski definition) is 0. The molecule has 0 radical (unpaired) electrons. The van der Waals surface area contributed by atoms with Crippen molar-refractivity contribution >= 4 is 47.5 Å². The molecular weight excluding hydrogens is 596 g/mol. The van der Waals surface area contributed by atoms with Crippen molar-refractivity contribution in [3.05, 3.63) is 0 Å². The Labute approximate surface area is 260 Å². The molecule has 4 heterocycles. The van der Waals surface area contributed by atoms with E-state index < -0.39 is 79.4 Å². The molecule has 248 valence electrons. The molecular formula is C29H40N4O12. The predicted molar refractivity (Wildman–Crippen MR) is 149 cm³/mol. The zero-order valence-corrected chi connectivity index (χ0v) is 26.0. The van der Waals surface area contributed by atoms with E-state index in [0.717, 1.165) is 0 Å². The molecule has 0 aromatic heterocycles. The third-order valence-corrected chi connectivity index (χ3v) is 8.78. The molecule has 0 N–H and O–H groups in total. The van der Waals surface area contributed by atoms with Crippen LogP contribution < -0.4 is 0 Å². The molecule has 0 saturated carbocycles. The van der Waals surface area contributed by atoms with Gasteiger partial charge in [-0.05, 0) is 0 Å². The Balaban J connectivity index is 1.53. The summed E-state index contributed by atoms with van der Waals surface area (Å²) in [7, 11) is 6.22. The predicted octanol–water partition coefficient (Wildman–Crippen LogP) is -1.94. The second-order valence-electron chi connectivity index (χ2n) is 12.6. The Hall–Kier alpha value is -4.24. The molecule has 4 fully saturated rings. The zero-order chi connectivity index (χ0) is 33.1. The van der Waals surface area contributed by atoms with Gasteiger partial charge in [-0.3, -0.25) is 38.4 Å². The van der Waals surface area contributed by atoms with Gasteiger partial charge in [0.2, 0.25) is 23.6 Å². The third-order valence-electron chi connectivity index (χ3n) is 8.78. The molecule has 4 aliphatic rings. The van der Waals surface area contributed by atoms with E-state index >= 15 is 0 Å². The first-order valence-corrected chi connectivity index (χ1v) is 14.8.